The van der Waals surface area contributed by atoms with Crippen molar-refractivity contribution in [2.24, 2.45) is 0 Å². The van der Waals surface area contributed by atoms with Crippen molar-refractivity contribution in [3.05, 3.63) is 46.8 Å². The number of rotatable bonds is 3. The van der Waals surface area contributed by atoms with Gasteiger partial charge in [-0.1, -0.05) is 6.07 Å². The third kappa shape index (κ3) is 4.56. The Morgan fingerprint density at radius 3 is 2.57 bits per heavy atom. The lowest BCUT2D eigenvalue weighted by Crippen LogP contribution is -2.51. The molecule has 0 radical (unpaired) electrons. The zero-order valence-corrected chi connectivity index (χ0v) is 18.1. The topological polar surface area (TPSA) is 81.6 Å². The van der Waals surface area contributed by atoms with E-state index in [1.807, 2.05) is 13.1 Å². The minimum absolute atomic E-state index is 0.0697. The Labute approximate surface area is 178 Å². The fraction of sp³-hybridized carbons (Fsp3) is 0.522. The first kappa shape index (κ1) is 20.6. The van der Waals surface area contributed by atoms with Crippen LogP contribution in [0.5, 0.6) is 0 Å². The van der Waals surface area contributed by atoms with Gasteiger partial charge in [0.05, 0.1) is 5.69 Å². The van der Waals surface area contributed by atoms with Gasteiger partial charge >= 0.3 is 6.09 Å². The monoisotopic (exact) mass is 409 g/mol. The molecule has 0 bridgehead atoms. The second-order valence-corrected chi connectivity index (χ2v) is 8.71. The predicted molar refractivity (Wildman–Crippen MR) is 117 cm³/mol. The van der Waals surface area contributed by atoms with E-state index in [1.165, 1.54) is 16.7 Å². The number of carboxylic acid groups (broad SMARTS) is 1. The maximum atomic E-state index is 11.3. The van der Waals surface area contributed by atoms with Crippen LogP contribution in [0.1, 0.15) is 42.1 Å². The van der Waals surface area contributed by atoms with Crippen LogP contribution < -0.4 is 5.32 Å². The van der Waals surface area contributed by atoms with E-state index in [0.29, 0.717) is 18.5 Å². The van der Waals surface area contributed by atoms with Crippen molar-refractivity contribution in [2.75, 3.05) is 25.0 Å². The van der Waals surface area contributed by atoms with Crippen molar-refractivity contribution in [2.45, 2.75) is 58.5 Å². The van der Waals surface area contributed by atoms with E-state index < -0.39 is 6.09 Å². The van der Waals surface area contributed by atoms with Crippen molar-refractivity contribution >= 4 is 17.7 Å². The third-order valence-corrected chi connectivity index (χ3v) is 6.35. The molecular formula is C23H31N5O2. The summed E-state index contributed by atoms with van der Waals surface area (Å²) in [6.07, 6.45) is 4.79. The highest BCUT2D eigenvalue weighted by Gasteiger charge is 2.32. The molecule has 1 aromatic heterocycles. The molecule has 1 saturated heterocycles. The van der Waals surface area contributed by atoms with Crippen LogP contribution in [0.3, 0.4) is 0 Å². The van der Waals surface area contributed by atoms with E-state index in [-0.39, 0.29) is 6.04 Å². The van der Waals surface area contributed by atoms with Crippen LogP contribution in [0.4, 0.5) is 16.4 Å². The van der Waals surface area contributed by atoms with E-state index >= 15 is 0 Å². The number of piperidine rings is 1. The van der Waals surface area contributed by atoms with Gasteiger partial charge in [-0.2, -0.15) is 0 Å². The van der Waals surface area contributed by atoms with Gasteiger partial charge in [-0.15, -0.1) is 0 Å². The average molecular weight is 410 g/mol. The van der Waals surface area contributed by atoms with Gasteiger partial charge in [-0.25, -0.2) is 14.8 Å². The van der Waals surface area contributed by atoms with Gasteiger partial charge in [0.15, 0.2) is 0 Å². The predicted octanol–water partition coefficient (Wildman–Crippen LogP) is 3.77. The first-order valence-corrected chi connectivity index (χ1v) is 10.8. The van der Waals surface area contributed by atoms with E-state index in [1.54, 1.807) is 4.90 Å². The molecule has 0 saturated carbocycles. The van der Waals surface area contributed by atoms with Crippen LogP contribution in [0, 0.1) is 13.8 Å². The fourth-order valence-corrected chi connectivity index (χ4v) is 4.86. The van der Waals surface area contributed by atoms with Gasteiger partial charge in [0.2, 0.25) is 5.95 Å². The average Bonchev–Trinajstić information content (AvgIpc) is 2.89. The molecule has 7 nitrogen and oxygen atoms in total. The van der Waals surface area contributed by atoms with Crippen LogP contribution >= 0.6 is 0 Å². The Morgan fingerprint density at radius 1 is 1.13 bits per heavy atom. The summed E-state index contributed by atoms with van der Waals surface area (Å²) < 4.78 is 0. The number of nitrogens with zero attached hydrogens (tertiary/aromatic N) is 4. The molecule has 4 rings (SSSR count). The SMILES string of the molecule is Cc1cc(C)cc(Nc2ncc3c(n2)CCN(C2CCN(C(=O)O)[C@@H](C)C2)CC3)c1. The Hall–Kier alpha value is -2.67. The number of benzene rings is 1. The number of fused-ring (bicyclic) bond motifs is 1. The summed E-state index contributed by atoms with van der Waals surface area (Å²) in [4.78, 5) is 24.8. The first-order valence-electron chi connectivity index (χ1n) is 10.8. The quantitative estimate of drug-likeness (QED) is 0.803. The Balaban J connectivity index is 1.42. The molecule has 7 heteroatoms. The molecule has 2 atom stereocenters. The minimum atomic E-state index is -0.802. The Morgan fingerprint density at radius 2 is 1.87 bits per heavy atom. The molecule has 2 N–H and O–H groups in total. The van der Waals surface area contributed by atoms with Gasteiger partial charge in [0, 0.05) is 50.0 Å². The molecule has 2 aromatic rings. The summed E-state index contributed by atoms with van der Waals surface area (Å²) in [6, 6.07) is 6.87. The highest BCUT2D eigenvalue weighted by Crippen LogP contribution is 2.25. The van der Waals surface area contributed by atoms with Crippen LogP contribution in [-0.4, -0.2) is 62.7 Å². The summed E-state index contributed by atoms with van der Waals surface area (Å²) in [6.45, 7) is 8.75. The van der Waals surface area contributed by atoms with Gasteiger partial charge in [0.1, 0.15) is 0 Å². The summed E-state index contributed by atoms with van der Waals surface area (Å²) >= 11 is 0. The van der Waals surface area contributed by atoms with Crippen LogP contribution in [0.2, 0.25) is 0 Å². The molecule has 1 fully saturated rings. The van der Waals surface area contributed by atoms with Gasteiger partial charge in [0.25, 0.3) is 0 Å². The number of nitrogens with one attached hydrogen (secondary N) is 1. The highest BCUT2D eigenvalue weighted by molar-refractivity contribution is 5.65. The molecule has 2 aliphatic rings. The maximum Gasteiger partial charge on any atom is 0.407 e. The second-order valence-electron chi connectivity index (χ2n) is 8.71. The van der Waals surface area contributed by atoms with Gasteiger partial charge < -0.3 is 15.3 Å². The standard InChI is InChI=1S/C23H31N5O2/c1-15-10-16(2)12-19(11-15)25-22-24-14-18-4-7-27(8-6-21(18)26-22)20-5-9-28(23(29)30)17(3)13-20/h10-12,14,17,20H,4-9,13H2,1-3H3,(H,29,30)(H,24,25,26)/t17-,20?/m0/s1. The molecule has 160 valence electrons. The van der Waals surface area contributed by atoms with Crippen molar-refractivity contribution in [1.82, 2.24) is 19.8 Å². The number of likely N-dealkylation sites (tertiary alicyclic amines) is 1. The fourth-order valence-electron chi connectivity index (χ4n) is 4.86. The molecule has 1 aromatic carbocycles. The van der Waals surface area contributed by atoms with Crippen molar-refractivity contribution in [3.63, 3.8) is 0 Å². The lowest BCUT2D eigenvalue weighted by molar-refractivity contribution is 0.0687. The molecule has 0 spiro atoms. The van der Waals surface area contributed by atoms with E-state index in [4.69, 9.17) is 4.98 Å². The summed E-state index contributed by atoms with van der Waals surface area (Å²) in [7, 11) is 0. The van der Waals surface area contributed by atoms with Crippen molar-refractivity contribution in [1.29, 1.82) is 0 Å². The van der Waals surface area contributed by atoms with Crippen LogP contribution in [0.25, 0.3) is 0 Å². The maximum absolute atomic E-state index is 11.3. The number of hydrogen-bond donors (Lipinski definition) is 2. The number of aromatic nitrogens is 2. The van der Waals surface area contributed by atoms with E-state index in [0.717, 1.165) is 50.2 Å². The number of aryl methyl sites for hydroxylation is 2. The molecular weight excluding hydrogens is 378 g/mol. The van der Waals surface area contributed by atoms with E-state index in [9.17, 15) is 9.90 Å². The molecule has 3 heterocycles. The van der Waals surface area contributed by atoms with Gasteiger partial charge in [-0.05, 0) is 68.9 Å². The second kappa shape index (κ2) is 8.60. The minimum Gasteiger partial charge on any atom is -0.465 e. The molecule has 0 aliphatic carbocycles. The number of carbonyl (C=O) groups is 1. The number of anilines is 2. The Bertz CT molecular complexity index is 912. The number of hydrogen-bond acceptors (Lipinski definition) is 5. The summed E-state index contributed by atoms with van der Waals surface area (Å²) in [5.74, 6) is 0.649. The molecule has 2 aliphatic heterocycles. The summed E-state index contributed by atoms with van der Waals surface area (Å²) in [5.41, 5.74) is 5.79. The third-order valence-electron chi connectivity index (χ3n) is 6.35. The largest absolute Gasteiger partial charge is 0.465 e. The van der Waals surface area contributed by atoms with E-state index in [2.05, 4.69) is 47.2 Å². The molecule has 30 heavy (non-hydrogen) atoms. The lowest BCUT2D eigenvalue weighted by atomic mass is 9.97. The van der Waals surface area contributed by atoms with Crippen molar-refractivity contribution in [3.8, 4) is 0 Å². The molecule has 1 unspecified atom stereocenters. The van der Waals surface area contributed by atoms with Gasteiger partial charge in [-0.3, -0.25) is 4.90 Å². The highest BCUT2D eigenvalue weighted by atomic mass is 16.4. The first-order chi connectivity index (χ1) is 14.4. The normalized spacial score (nSPS) is 22.3. The Kier molecular flexibility index (Phi) is 5.90. The van der Waals surface area contributed by atoms with Crippen LogP contribution in [0.15, 0.2) is 24.4 Å². The summed E-state index contributed by atoms with van der Waals surface area (Å²) in [5, 5.41) is 12.7. The zero-order chi connectivity index (χ0) is 21.3. The lowest BCUT2D eigenvalue weighted by Gasteiger charge is -2.40. The molecule has 1 amide bonds. The van der Waals surface area contributed by atoms with Crippen LogP contribution in [-0.2, 0) is 12.8 Å². The smallest absolute Gasteiger partial charge is 0.407 e. The number of amides is 1. The van der Waals surface area contributed by atoms with Crippen molar-refractivity contribution < 1.29 is 9.90 Å². The zero-order valence-electron chi connectivity index (χ0n) is 18.1.